The molecule has 0 spiro atoms. The number of piperazine rings is 1. The number of hydrogen-bond donors (Lipinski definition) is 0. The molecule has 2 aromatic carbocycles. The van der Waals surface area contributed by atoms with E-state index in [0.29, 0.717) is 50.0 Å². The van der Waals surface area contributed by atoms with Crippen LogP contribution in [0.25, 0.3) is 11.4 Å². The number of carbonyl (C=O) groups excluding carboxylic acids is 1. The van der Waals surface area contributed by atoms with Gasteiger partial charge < -0.3 is 4.52 Å². The number of rotatable bonds is 6. The molecule has 0 radical (unpaired) electrons. The van der Waals surface area contributed by atoms with E-state index in [0.717, 1.165) is 11.1 Å². The molecule has 0 amide bonds. The molecule has 0 atom stereocenters. The highest BCUT2D eigenvalue weighted by Gasteiger charge is 2.29. The average Bonchev–Trinajstić information content (AvgIpc) is 3.23. The zero-order chi connectivity index (χ0) is 22.0. The van der Waals surface area contributed by atoms with Gasteiger partial charge in [0.05, 0.1) is 11.4 Å². The lowest BCUT2D eigenvalue weighted by molar-refractivity contribution is 0.101. The maximum Gasteiger partial charge on any atom is 0.243 e. The van der Waals surface area contributed by atoms with Crippen molar-refractivity contribution in [2.45, 2.75) is 25.3 Å². The summed E-state index contributed by atoms with van der Waals surface area (Å²) in [6, 6.07) is 14.0. The first-order chi connectivity index (χ1) is 14.8. The van der Waals surface area contributed by atoms with E-state index in [1.54, 1.807) is 12.1 Å². The molecule has 162 valence electrons. The normalized spacial score (nSPS) is 15.8. The van der Waals surface area contributed by atoms with E-state index < -0.39 is 10.0 Å². The van der Waals surface area contributed by atoms with Gasteiger partial charge in [0.1, 0.15) is 0 Å². The quantitative estimate of drug-likeness (QED) is 0.544. The van der Waals surface area contributed by atoms with E-state index in [2.05, 4.69) is 15.0 Å². The summed E-state index contributed by atoms with van der Waals surface area (Å²) in [7, 11) is -3.59. The number of hydrogen-bond acceptors (Lipinski definition) is 7. The van der Waals surface area contributed by atoms with Gasteiger partial charge in [-0.3, -0.25) is 9.69 Å². The van der Waals surface area contributed by atoms with Crippen molar-refractivity contribution < 1.29 is 17.7 Å². The van der Waals surface area contributed by atoms with Crippen molar-refractivity contribution in [3.63, 3.8) is 0 Å². The van der Waals surface area contributed by atoms with Gasteiger partial charge in [-0.15, -0.1) is 0 Å². The maximum absolute atomic E-state index is 12.9. The summed E-state index contributed by atoms with van der Waals surface area (Å²) < 4.78 is 32.7. The number of nitrogens with zero attached hydrogens (tertiary/aromatic N) is 4. The fraction of sp³-hybridized carbons (Fsp3) is 0.318. The van der Waals surface area contributed by atoms with Gasteiger partial charge in [-0.25, -0.2) is 8.42 Å². The van der Waals surface area contributed by atoms with Crippen molar-refractivity contribution in [3.8, 4) is 11.4 Å². The summed E-state index contributed by atoms with van der Waals surface area (Å²) >= 11 is 0. The van der Waals surface area contributed by atoms with Gasteiger partial charge in [-0.1, -0.05) is 47.1 Å². The first-order valence-corrected chi connectivity index (χ1v) is 11.5. The number of sulfonamides is 1. The van der Waals surface area contributed by atoms with Crippen molar-refractivity contribution in [3.05, 3.63) is 65.5 Å². The van der Waals surface area contributed by atoms with Crippen LogP contribution in [0.15, 0.2) is 57.9 Å². The Morgan fingerprint density at radius 1 is 1.00 bits per heavy atom. The molecule has 1 aliphatic rings. The van der Waals surface area contributed by atoms with E-state index in [-0.39, 0.29) is 10.7 Å². The molecule has 3 aromatic rings. The third kappa shape index (κ3) is 4.73. The van der Waals surface area contributed by atoms with Crippen LogP contribution < -0.4 is 0 Å². The predicted molar refractivity (Wildman–Crippen MR) is 115 cm³/mol. The third-order valence-electron chi connectivity index (χ3n) is 5.37. The third-order valence-corrected chi connectivity index (χ3v) is 7.28. The fourth-order valence-corrected chi connectivity index (χ4v) is 4.89. The lowest BCUT2D eigenvalue weighted by Crippen LogP contribution is -2.48. The summed E-state index contributed by atoms with van der Waals surface area (Å²) in [6.07, 6.45) is 0. The van der Waals surface area contributed by atoms with Gasteiger partial charge in [0.25, 0.3) is 0 Å². The first kappa shape index (κ1) is 21.4. The van der Waals surface area contributed by atoms with E-state index in [1.807, 2.05) is 31.2 Å². The SMILES string of the molecule is CC(=O)c1ccc(S(=O)(=O)N2CCN(Cc3nc(-c4ccc(C)cc4)no3)CC2)cc1. The average molecular weight is 441 g/mol. The van der Waals surface area contributed by atoms with Gasteiger partial charge in [-0.05, 0) is 26.0 Å². The van der Waals surface area contributed by atoms with Crippen molar-refractivity contribution in [2.24, 2.45) is 0 Å². The molecule has 8 nitrogen and oxygen atoms in total. The largest absolute Gasteiger partial charge is 0.338 e. The Hall–Kier alpha value is -2.88. The minimum Gasteiger partial charge on any atom is -0.338 e. The van der Waals surface area contributed by atoms with Crippen LogP contribution in [0.3, 0.4) is 0 Å². The van der Waals surface area contributed by atoms with Gasteiger partial charge in [-0.2, -0.15) is 9.29 Å². The standard InChI is InChI=1S/C22H24N4O4S/c1-16-3-5-19(6-4-16)22-23-21(30-24-22)15-25-11-13-26(14-12-25)31(28,29)20-9-7-18(8-10-20)17(2)27/h3-10H,11-15H2,1-2H3. The van der Waals surface area contributed by atoms with E-state index in [4.69, 9.17) is 4.52 Å². The summed E-state index contributed by atoms with van der Waals surface area (Å²) in [5, 5.41) is 4.05. The van der Waals surface area contributed by atoms with E-state index in [9.17, 15) is 13.2 Å². The Labute approximate surface area is 181 Å². The number of aryl methyl sites for hydroxylation is 1. The highest BCUT2D eigenvalue weighted by molar-refractivity contribution is 7.89. The van der Waals surface area contributed by atoms with Crippen LogP contribution in [0.1, 0.15) is 28.7 Å². The molecule has 0 bridgehead atoms. The van der Waals surface area contributed by atoms with Gasteiger partial charge in [0.2, 0.25) is 21.7 Å². The molecule has 31 heavy (non-hydrogen) atoms. The fourth-order valence-electron chi connectivity index (χ4n) is 3.47. The molecule has 0 N–H and O–H groups in total. The lowest BCUT2D eigenvalue weighted by Gasteiger charge is -2.33. The summed E-state index contributed by atoms with van der Waals surface area (Å²) in [5.74, 6) is 0.959. The van der Waals surface area contributed by atoms with Crippen molar-refractivity contribution in [2.75, 3.05) is 26.2 Å². The monoisotopic (exact) mass is 440 g/mol. The number of benzene rings is 2. The number of aromatic nitrogens is 2. The zero-order valence-corrected chi connectivity index (χ0v) is 18.3. The molecule has 9 heteroatoms. The molecule has 4 rings (SSSR count). The van der Waals surface area contributed by atoms with Crippen LogP contribution in [-0.2, 0) is 16.6 Å². The Bertz CT molecular complexity index is 1160. The Morgan fingerprint density at radius 2 is 1.65 bits per heavy atom. The number of carbonyl (C=O) groups is 1. The first-order valence-electron chi connectivity index (χ1n) is 10.1. The summed E-state index contributed by atoms with van der Waals surface area (Å²) in [6.45, 7) is 5.81. The molecule has 0 unspecified atom stereocenters. The topological polar surface area (TPSA) is 96.6 Å². The molecule has 0 aliphatic carbocycles. The van der Waals surface area contributed by atoms with Gasteiger partial charge >= 0.3 is 0 Å². The molecule has 1 aliphatic heterocycles. The molecule has 2 heterocycles. The highest BCUT2D eigenvalue weighted by atomic mass is 32.2. The molecule has 0 saturated carbocycles. The molecular formula is C22H24N4O4S. The van der Waals surface area contributed by atoms with Crippen LogP contribution in [0.4, 0.5) is 0 Å². The highest BCUT2D eigenvalue weighted by Crippen LogP contribution is 2.20. The molecule has 1 saturated heterocycles. The second kappa shape index (κ2) is 8.70. The summed E-state index contributed by atoms with van der Waals surface area (Å²) in [5.41, 5.74) is 2.55. The van der Waals surface area contributed by atoms with Crippen LogP contribution in [0.2, 0.25) is 0 Å². The van der Waals surface area contributed by atoms with Crippen LogP contribution in [-0.4, -0.2) is 59.7 Å². The minimum absolute atomic E-state index is 0.0934. The van der Waals surface area contributed by atoms with Gasteiger partial charge in [0.15, 0.2) is 5.78 Å². The zero-order valence-electron chi connectivity index (χ0n) is 17.5. The van der Waals surface area contributed by atoms with Gasteiger partial charge in [0, 0.05) is 37.3 Å². The molecule has 1 aromatic heterocycles. The van der Waals surface area contributed by atoms with E-state index in [1.165, 1.54) is 23.4 Å². The maximum atomic E-state index is 12.9. The second-order valence-corrected chi connectivity index (χ2v) is 9.58. The van der Waals surface area contributed by atoms with Crippen LogP contribution >= 0.6 is 0 Å². The number of ketones is 1. The summed E-state index contributed by atoms with van der Waals surface area (Å²) in [4.78, 5) is 18.2. The second-order valence-electron chi connectivity index (χ2n) is 7.64. The predicted octanol–water partition coefficient (Wildman–Crippen LogP) is 2.75. The minimum atomic E-state index is -3.59. The Balaban J connectivity index is 1.36. The van der Waals surface area contributed by atoms with Crippen LogP contribution in [0.5, 0.6) is 0 Å². The van der Waals surface area contributed by atoms with Crippen molar-refractivity contribution >= 4 is 15.8 Å². The smallest absolute Gasteiger partial charge is 0.243 e. The van der Waals surface area contributed by atoms with Crippen molar-refractivity contribution in [1.82, 2.24) is 19.3 Å². The van der Waals surface area contributed by atoms with Crippen molar-refractivity contribution in [1.29, 1.82) is 0 Å². The van der Waals surface area contributed by atoms with E-state index >= 15 is 0 Å². The number of Topliss-reactive ketones (excluding diaryl/α,β-unsaturated/α-hetero) is 1. The lowest BCUT2D eigenvalue weighted by atomic mass is 10.1. The van der Waals surface area contributed by atoms with Crippen LogP contribution in [0, 0.1) is 6.92 Å². The Kier molecular flexibility index (Phi) is 5.99. The Morgan fingerprint density at radius 3 is 2.26 bits per heavy atom. The molecular weight excluding hydrogens is 416 g/mol. The molecule has 1 fully saturated rings.